The number of phosphoric acid groups is 2. The van der Waals surface area contributed by atoms with Crippen LogP contribution in [-0.2, 0) is 51.9 Å². The van der Waals surface area contributed by atoms with Crippen molar-refractivity contribution in [2.45, 2.75) is 217 Å². The Morgan fingerprint density at radius 3 is 1.64 bits per heavy atom. The number of esters is 1. The van der Waals surface area contributed by atoms with Crippen LogP contribution >= 0.6 is 15.6 Å². The van der Waals surface area contributed by atoms with Crippen molar-refractivity contribution < 1.29 is 215 Å². The van der Waals surface area contributed by atoms with Gasteiger partial charge in [0.1, 0.15) is 29.7 Å². The van der Waals surface area contributed by atoms with E-state index in [0.717, 1.165) is 0 Å². The molecule has 0 radical (unpaired) electrons. The molecule has 0 amide bonds. The van der Waals surface area contributed by atoms with Crippen molar-refractivity contribution in [1.82, 2.24) is 9.80 Å². The summed E-state index contributed by atoms with van der Waals surface area (Å²) in [5.74, 6) is -5.17. The van der Waals surface area contributed by atoms with Crippen LogP contribution in [0, 0.1) is 23.7 Å². The zero-order chi connectivity index (χ0) is 55.3. The molecule has 4 saturated heterocycles. The molecule has 4 aliphatic heterocycles. The Balaban J connectivity index is 0.00000392. The van der Waals surface area contributed by atoms with Gasteiger partial charge in [-0.25, -0.2) is 0 Å². The number of ether oxygens (including phenoxy) is 7. The Morgan fingerprint density at radius 1 is 0.699 bits per heavy atom. The topological polar surface area (TPSA) is 388 Å². The maximum Gasteiger partial charge on any atom is 1.00 e. The average Bonchev–Trinajstić information content (AvgIpc) is 3.21. The van der Waals surface area contributed by atoms with Crippen molar-refractivity contribution in [3.8, 4) is 0 Å². The molecule has 22 atom stereocenters. The fourth-order valence-corrected chi connectivity index (χ4v) is 10.2. The summed E-state index contributed by atoms with van der Waals surface area (Å²) >= 11 is 0. The van der Waals surface area contributed by atoms with E-state index in [1.54, 1.807) is 48.5 Å². The van der Waals surface area contributed by atoms with E-state index in [1.807, 2.05) is 44.9 Å². The van der Waals surface area contributed by atoms with Crippen molar-refractivity contribution in [2.75, 3.05) is 28.2 Å². The molecule has 4 aliphatic rings. The minimum Gasteiger partial charge on any atom is -0.756 e. The Hall–Kier alpha value is 2.07. The molecule has 4 fully saturated rings. The smallest absolute Gasteiger partial charge is 0.756 e. The van der Waals surface area contributed by atoms with Gasteiger partial charge >= 0.3 is 109 Å². The molecule has 0 bridgehead atoms. The van der Waals surface area contributed by atoms with Crippen LogP contribution in [0.1, 0.15) is 108 Å². The van der Waals surface area contributed by atoms with Crippen LogP contribution in [0.3, 0.4) is 0 Å². The van der Waals surface area contributed by atoms with Crippen molar-refractivity contribution in [2.24, 2.45) is 23.7 Å². The van der Waals surface area contributed by atoms with E-state index in [2.05, 4.69) is 0 Å². The summed E-state index contributed by atoms with van der Waals surface area (Å²) in [4.78, 5) is 78.6. The second-order valence-electron chi connectivity index (χ2n) is 20.9. The third-order valence-corrected chi connectivity index (χ3v) is 14.1. The summed E-state index contributed by atoms with van der Waals surface area (Å²) in [7, 11) is -2.36. The standard InChI is InChI=1S/C44H80N2O15.2K.2H3O4P/c1-16-30-44(11,54)37(50)23(4)33(47)21(2)19-43(10,61-31-18-29(46(14)15)34(48)26(7)56-31)39(60-41-35(49)28(45(12)13)17-22(3)55-41)24(5)36(25(6)40(52)58-30)59-32-20-42(9,53)38(51)27(8)57-32;;;2*1-5(2,3)4/h21-32,34-39,41,48-51,53-54H,16-20H2,1-15H3;;;2*(H3,1,2,3,4)/q;2*+1;;/p-2/t21-,22-,23+,24+,25-,26+,27+,28+,29-,30-,31+,32+,34+,35-,36+,37-,38+,39-,41+,42-,43-,44-;;;;/m1..../s1. The quantitative estimate of drug-likeness (QED) is 0.0582. The summed E-state index contributed by atoms with van der Waals surface area (Å²) in [6.45, 7) is 18.1. The number of cyclic esters (lactones) is 1. The SMILES string of the molecule is CC[C@H]1OC(=O)[C@H](C)[C@@H](O[C@H]2C[C@@](C)(O)[C@@H](O)[C@H](C)O2)[C@H](C)[C@@H](O[C@@H]2O[C@H](C)C[C@H](N(C)C)[C@H]2O)[C@](C)(O[C@H]2C[C@@H](N(C)C)[C@@H](O)[C@H](C)O2)C[C@@H](C)C(=O)[C@H](C)[C@@H](O)[C@]1(C)O.O=P([O-])(O)O.O=P([O-])(O)O.[K+].[K+]. The Morgan fingerprint density at radius 2 is 1.18 bits per heavy atom. The molecule has 0 saturated carbocycles. The van der Waals surface area contributed by atoms with Gasteiger partial charge in [-0.1, -0.05) is 27.7 Å². The minimum absolute atomic E-state index is 0. The number of carbonyl (C=O) groups is 2. The van der Waals surface area contributed by atoms with Crippen molar-refractivity contribution in [1.29, 1.82) is 0 Å². The van der Waals surface area contributed by atoms with Gasteiger partial charge in [0.05, 0.1) is 59.8 Å². The molecule has 73 heavy (non-hydrogen) atoms. The van der Waals surface area contributed by atoms with Gasteiger partial charge in [-0.3, -0.25) is 18.7 Å². The van der Waals surface area contributed by atoms with Gasteiger partial charge in [-0.2, -0.15) is 0 Å². The van der Waals surface area contributed by atoms with Crippen molar-refractivity contribution in [3.63, 3.8) is 0 Å². The zero-order valence-electron chi connectivity index (χ0n) is 45.6. The molecule has 0 aromatic heterocycles. The number of likely N-dealkylation sites (N-methyl/N-ethyl adjacent to an activating group) is 2. The number of ketones is 1. The molecule has 29 heteroatoms. The fraction of sp³-hybridized carbons (Fsp3) is 0.955. The number of rotatable bonds is 9. The first-order valence-electron chi connectivity index (χ1n) is 23.8. The van der Waals surface area contributed by atoms with Crippen LogP contribution in [0.5, 0.6) is 0 Å². The predicted octanol–water partition coefficient (Wildman–Crippen LogP) is -7.53. The van der Waals surface area contributed by atoms with E-state index in [-0.39, 0.29) is 147 Å². The van der Waals surface area contributed by atoms with Crippen LogP contribution in [0.15, 0.2) is 0 Å². The molecule has 4 rings (SSSR count). The predicted molar refractivity (Wildman–Crippen MR) is 247 cm³/mol. The first kappa shape index (κ1) is 75.1. The summed E-state index contributed by atoms with van der Waals surface area (Å²) < 4.78 is 63.2. The van der Waals surface area contributed by atoms with Crippen LogP contribution in [-0.4, -0.2) is 209 Å². The van der Waals surface area contributed by atoms with Crippen LogP contribution in [0.25, 0.3) is 0 Å². The summed E-state index contributed by atoms with van der Waals surface area (Å²) in [6.07, 6.45) is -13.0. The van der Waals surface area contributed by atoms with E-state index in [9.17, 15) is 40.2 Å². The van der Waals surface area contributed by atoms with Crippen LogP contribution in [0.4, 0.5) is 0 Å². The van der Waals surface area contributed by atoms with Crippen LogP contribution < -0.4 is 113 Å². The molecule has 0 unspecified atom stereocenters. The molecule has 0 aromatic carbocycles. The number of aliphatic hydroxyl groups is 6. The maximum absolute atomic E-state index is 14.5. The van der Waals surface area contributed by atoms with Crippen LogP contribution in [0.2, 0.25) is 0 Å². The second kappa shape index (κ2) is 30.9. The van der Waals surface area contributed by atoms with Gasteiger partial charge in [0.15, 0.2) is 18.9 Å². The largest absolute Gasteiger partial charge is 1.00 e. The van der Waals surface area contributed by atoms with E-state index < -0.39 is 142 Å². The van der Waals surface area contributed by atoms with Gasteiger partial charge < -0.3 is 103 Å². The van der Waals surface area contributed by atoms with E-state index in [0.29, 0.717) is 6.42 Å². The molecule has 4 heterocycles. The van der Waals surface area contributed by atoms with E-state index in [1.165, 1.54) is 20.8 Å². The Bertz CT molecular complexity index is 1760. The Kier molecular flexibility index (Phi) is 31.8. The summed E-state index contributed by atoms with van der Waals surface area (Å²) in [5.41, 5.74) is -5.21. The third kappa shape index (κ3) is 22.4. The monoisotopic (exact) mass is 1150 g/mol. The third-order valence-electron chi connectivity index (χ3n) is 14.1. The van der Waals surface area contributed by atoms with Gasteiger partial charge in [0.25, 0.3) is 15.6 Å². The fourth-order valence-electron chi connectivity index (χ4n) is 10.2. The molecule has 420 valence electrons. The van der Waals surface area contributed by atoms with Crippen molar-refractivity contribution in [3.05, 3.63) is 0 Å². The van der Waals surface area contributed by atoms with Crippen molar-refractivity contribution >= 4 is 27.4 Å². The number of Topliss-reactive ketones (excluding diaryl/α,β-unsaturated/α-hetero) is 1. The van der Waals surface area contributed by atoms with Gasteiger partial charge in [-0.15, -0.1) is 0 Å². The Labute approximate surface area is 515 Å². The second-order valence-corrected chi connectivity index (χ2v) is 22.9. The molecular weight excluding hydrogens is 1060 g/mol. The number of aliphatic hydroxyl groups excluding tert-OH is 4. The first-order chi connectivity index (χ1) is 32.1. The molecule has 0 spiro atoms. The number of hydrogen-bond donors (Lipinski definition) is 10. The number of nitrogens with zero attached hydrogens (tertiary/aromatic N) is 2. The molecule has 10 N–H and O–H groups in total. The summed E-state index contributed by atoms with van der Waals surface area (Å²) in [5, 5.41) is 68.6. The summed E-state index contributed by atoms with van der Waals surface area (Å²) in [6, 6.07) is -0.742. The normalized spacial score (nSPS) is 43.4. The van der Waals surface area contributed by atoms with Gasteiger partial charge in [0.2, 0.25) is 0 Å². The molecular formula is C44H84K2N2O23P2. The average molecular weight is 1150 g/mol. The van der Waals surface area contributed by atoms with Gasteiger partial charge in [-0.05, 0) is 95.9 Å². The first-order valence-corrected chi connectivity index (χ1v) is 26.9. The number of hydrogen-bond acceptors (Lipinski definition) is 21. The molecule has 25 nitrogen and oxygen atoms in total. The maximum atomic E-state index is 14.5. The molecule has 0 aliphatic carbocycles. The minimum atomic E-state index is -4.89. The molecule has 0 aromatic rings. The van der Waals surface area contributed by atoms with Gasteiger partial charge in [0, 0.05) is 42.7 Å². The zero-order valence-corrected chi connectivity index (χ0v) is 53.6. The van der Waals surface area contributed by atoms with E-state index >= 15 is 0 Å². The van der Waals surface area contributed by atoms with E-state index in [4.69, 9.17) is 71.6 Å². The number of carbonyl (C=O) groups excluding carboxylic acids is 2.